The van der Waals surface area contributed by atoms with Crippen LogP contribution < -0.4 is 10.6 Å². The first-order valence-corrected chi connectivity index (χ1v) is 7.03. The molecule has 0 aliphatic carbocycles. The molecule has 2 aromatic heterocycles. The summed E-state index contributed by atoms with van der Waals surface area (Å²) in [6.45, 7) is 0. The van der Waals surface area contributed by atoms with Crippen LogP contribution in [0.4, 0.5) is 17.3 Å². The lowest BCUT2D eigenvalue weighted by atomic mass is 10.3. The Morgan fingerprint density at radius 3 is 2.52 bits per heavy atom. The topological polar surface area (TPSA) is 92.7 Å². The van der Waals surface area contributed by atoms with Gasteiger partial charge in [-0.05, 0) is 36.4 Å². The maximum atomic E-state index is 12.4. The molecule has 7 nitrogen and oxygen atoms in total. The lowest BCUT2D eigenvalue weighted by molar-refractivity contribution is 0.102. The summed E-state index contributed by atoms with van der Waals surface area (Å²) in [6, 6.07) is 10.2. The molecule has 0 aliphatic heterocycles. The summed E-state index contributed by atoms with van der Waals surface area (Å²) < 4.78 is 0. The molecular formula is C15H11ClN6O. The average Bonchev–Trinajstić information content (AvgIpc) is 2.58. The predicted octanol–water partition coefficient (Wildman–Crippen LogP) is 2.92. The Morgan fingerprint density at radius 1 is 1.00 bits per heavy atom. The first kappa shape index (κ1) is 14.9. The van der Waals surface area contributed by atoms with E-state index in [4.69, 9.17) is 11.6 Å². The molecule has 0 radical (unpaired) electrons. The van der Waals surface area contributed by atoms with E-state index >= 15 is 0 Å². The molecule has 0 saturated carbocycles. The van der Waals surface area contributed by atoms with Gasteiger partial charge in [-0.2, -0.15) is 5.10 Å². The number of nitrogens with one attached hydrogen (secondary N) is 2. The number of amides is 1. The Morgan fingerprint density at radius 2 is 1.78 bits per heavy atom. The number of benzene rings is 1. The Hall–Kier alpha value is -3.06. The number of hydrogen-bond acceptors (Lipinski definition) is 6. The van der Waals surface area contributed by atoms with Crippen molar-refractivity contribution in [3.63, 3.8) is 0 Å². The van der Waals surface area contributed by atoms with E-state index in [1.165, 1.54) is 12.4 Å². The number of anilines is 3. The van der Waals surface area contributed by atoms with Crippen LogP contribution in [-0.4, -0.2) is 26.1 Å². The Kier molecular flexibility index (Phi) is 4.39. The highest BCUT2D eigenvalue weighted by Gasteiger charge is 2.15. The van der Waals surface area contributed by atoms with Gasteiger partial charge in [-0.25, -0.2) is 9.97 Å². The van der Waals surface area contributed by atoms with Gasteiger partial charge < -0.3 is 10.6 Å². The number of carbonyl (C=O) groups excluding carboxylic acids is 1. The van der Waals surface area contributed by atoms with Crippen LogP contribution in [0.2, 0.25) is 5.02 Å². The standard InChI is InChI=1S/C15H11ClN6O/c16-10-3-5-11(6-4-10)20-15(23)13-14(18-9-8-17-13)21-12-2-1-7-19-22-12/h1-9H,(H,20,23)(H,18,21,22). The third-order valence-corrected chi connectivity index (χ3v) is 3.09. The van der Waals surface area contributed by atoms with Crippen molar-refractivity contribution in [2.24, 2.45) is 0 Å². The SMILES string of the molecule is O=C(Nc1ccc(Cl)cc1)c1nccnc1Nc1cccnn1. The molecule has 8 heteroatoms. The maximum Gasteiger partial charge on any atom is 0.278 e. The first-order chi connectivity index (χ1) is 11.2. The first-order valence-electron chi connectivity index (χ1n) is 6.65. The molecule has 2 heterocycles. The molecule has 0 fully saturated rings. The minimum Gasteiger partial charge on any atom is -0.321 e. The smallest absolute Gasteiger partial charge is 0.278 e. The van der Waals surface area contributed by atoms with E-state index in [2.05, 4.69) is 30.8 Å². The van der Waals surface area contributed by atoms with Crippen LogP contribution in [0.25, 0.3) is 0 Å². The molecule has 0 saturated heterocycles. The van der Waals surface area contributed by atoms with Gasteiger partial charge in [0.05, 0.1) is 0 Å². The van der Waals surface area contributed by atoms with Crippen molar-refractivity contribution < 1.29 is 4.79 Å². The number of nitrogens with zero attached hydrogens (tertiary/aromatic N) is 4. The largest absolute Gasteiger partial charge is 0.321 e. The number of hydrogen-bond donors (Lipinski definition) is 2. The van der Waals surface area contributed by atoms with E-state index in [-0.39, 0.29) is 5.69 Å². The Bertz CT molecular complexity index is 810. The molecule has 0 aliphatic rings. The van der Waals surface area contributed by atoms with Crippen LogP contribution in [0, 0.1) is 0 Å². The van der Waals surface area contributed by atoms with E-state index in [9.17, 15) is 4.79 Å². The van der Waals surface area contributed by atoms with E-state index in [1.807, 2.05) is 0 Å². The summed E-state index contributed by atoms with van der Waals surface area (Å²) in [5, 5.41) is 13.9. The van der Waals surface area contributed by atoms with E-state index in [1.54, 1.807) is 42.6 Å². The van der Waals surface area contributed by atoms with E-state index < -0.39 is 5.91 Å². The molecular weight excluding hydrogens is 316 g/mol. The minimum atomic E-state index is -0.396. The normalized spacial score (nSPS) is 10.1. The lowest BCUT2D eigenvalue weighted by Gasteiger charge is -2.09. The summed E-state index contributed by atoms with van der Waals surface area (Å²) in [5.74, 6) is 0.361. The molecule has 3 rings (SSSR count). The van der Waals surface area contributed by atoms with Crippen molar-refractivity contribution in [2.75, 3.05) is 10.6 Å². The van der Waals surface area contributed by atoms with Crippen molar-refractivity contribution in [3.8, 4) is 0 Å². The molecule has 0 spiro atoms. The van der Waals surface area contributed by atoms with Gasteiger partial charge in [0.1, 0.15) is 0 Å². The fourth-order valence-corrected chi connectivity index (χ4v) is 1.93. The summed E-state index contributed by atoms with van der Waals surface area (Å²) in [7, 11) is 0. The fourth-order valence-electron chi connectivity index (χ4n) is 1.81. The quantitative estimate of drug-likeness (QED) is 0.765. The van der Waals surface area contributed by atoms with Gasteiger partial charge in [-0.1, -0.05) is 11.6 Å². The van der Waals surface area contributed by atoms with Crippen molar-refractivity contribution in [1.29, 1.82) is 0 Å². The number of aromatic nitrogens is 4. The molecule has 0 unspecified atom stereocenters. The fraction of sp³-hybridized carbons (Fsp3) is 0. The van der Waals surface area contributed by atoms with Gasteiger partial charge >= 0.3 is 0 Å². The second-order valence-electron chi connectivity index (χ2n) is 4.45. The average molecular weight is 327 g/mol. The van der Waals surface area contributed by atoms with Gasteiger partial charge in [-0.3, -0.25) is 4.79 Å². The van der Waals surface area contributed by atoms with Crippen LogP contribution in [0.3, 0.4) is 0 Å². The van der Waals surface area contributed by atoms with E-state index in [0.717, 1.165) is 0 Å². The Balaban J connectivity index is 1.82. The van der Waals surface area contributed by atoms with Crippen molar-refractivity contribution in [3.05, 3.63) is 65.7 Å². The highest BCUT2D eigenvalue weighted by Crippen LogP contribution is 2.17. The number of carbonyl (C=O) groups is 1. The van der Waals surface area contributed by atoms with Crippen molar-refractivity contribution in [1.82, 2.24) is 20.2 Å². The monoisotopic (exact) mass is 326 g/mol. The molecule has 1 amide bonds. The summed E-state index contributed by atoms with van der Waals surface area (Å²) in [6.07, 6.45) is 4.48. The summed E-state index contributed by atoms with van der Waals surface area (Å²) >= 11 is 5.82. The Labute approximate surface area is 136 Å². The molecule has 0 bridgehead atoms. The van der Waals surface area contributed by atoms with Crippen molar-refractivity contribution in [2.45, 2.75) is 0 Å². The third-order valence-electron chi connectivity index (χ3n) is 2.83. The van der Waals surface area contributed by atoms with Crippen LogP contribution in [-0.2, 0) is 0 Å². The van der Waals surface area contributed by atoms with Gasteiger partial charge in [0.25, 0.3) is 5.91 Å². The summed E-state index contributed by atoms with van der Waals surface area (Å²) in [5.41, 5.74) is 0.753. The zero-order chi connectivity index (χ0) is 16.1. The molecule has 2 N–H and O–H groups in total. The van der Waals surface area contributed by atoms with Crippen LogP contribution in [0.15, 0.2) is 55.0 Å². The predicted molar refractivity (Wildman–Crippen MR) is 86.8 cm³/mol. The number of halogens is 1. The molecule has 0 atom stereocenters. The molecule has 3 aromatic rings. The van der Waals surface area contributed by atoms with Gasteiger partial charge in [0, 0.05) is 29.3 Å². The van der Waals surface area contributed by atoms with Gasteiger partial charge in [0.15, 0.2) is 17.3 Å². The van der Waals surface area contributed by atoms with E-state index in [0.29, 0.717) is 22.3 Å². The maximum absolute atomic E-state index is 12.4. The zero-order valence-corrected chi connectivity index (χ0v) is 12.5. The second kappa shape index (κ2) is 6.80. The summed E-state index contributed by atoms with van der Waals surface area (Å²) in [4.78, 5) is 20.6. The highest BCUT2D eigenvalue weighted by atomic mass is 35.5. The van der Waals surface area contributed by atoms with Gasteiger partial charge in [0.2, 0.25) is 0 Å². The lowest BCUT2D eigenvalue weighted by Crippen LogP contribution is -2.16. The van der Waals surface area contributed by atoms with Crippen LogP contribution >= 0.6 is 11.6 Å². The molecule has 23 heavy (non-hydrogen) atoms. The highest BCUT2D eigenvalue weighted by molar-refractivity contribution is 6.30. The van der Waals surface area contributed by atoms with Crippen molar-refractivity contribution >= 4 is 34.8 Å². The molecule has 114 valence electrons. The van der Waals surface area contributed by atoms with Crippen LogP contribution in [0.1, 0.15) is 10.5 Å². The third kappa shape index (κ3) is 3.78. The number of rotatable bonds is 4. The van der Waals surface area contributed by atoms with Gasteiger partial charge in [-0.15, -0.1) is 5.10 Å². The minimum absolute atomic E-state index is 0.146. The zero-order valence-electron chi connectivity index (χ0n) is 11.8. The second-order valence-corrected chi connectivity index (χ2v) is 4.88. The molecule has 1 aromatic carbocycles. The van der Waals surface area contributed by atoms with Crippen LogP contribution in [0.5, 0.6) is 0 Å².